The third-order valence-corrected chi connectivity index (χ3v) is 7.66. The van der Waals surface area contributed by atoms with Gasteiger partial charge in [0.05, 0.1) is 29.2 Å². The van der Waals surface area contributed by atoms with E-state index in [2.05, 4.69) is 33.8 Å². The quantitative estimate of drug-likeness (QED) is 0.558. The number of sulfonamides is 1. The van der Waals surface area contributed by atoms with E-state index in [4.69, 9.17) is 4.74 Å². The van der Waals surface area contributed by atoms with Crippen LogP contribution in [0.3, 0.4) is 0 Å². The molecule has 0 saturated heterocycles. The van der Waals surface area contributed by atoms with Crippen LogP contribution >= 0.6 is 0 Å². The van der Waals surface area contributed by atoms with Gasteiger partial charge in [-0.1, -0.05) is 45.9 Å². The summed E-state index contributed by atoms with van der Waals surface area (Å²) in [4.78, 5) is 0.201. The molecule has 1 aliphatic heterocycles. The lowest BCUT2D eigenvalue weighted by Gasteiger charge is -2.32. The molecule has 0 N–H and O–H groups in total. The van der Waals surface area contributed by atoms with Crippen LogP contribution in [0.25, 0.3) is 0 Å². The van der Waals surface area contributed by atoms with Crippen molar-refractivity contribution in [2.24, 2.45) is 11.8 Å². The van der Waals surface area contributed by atoms with Gasteiger partial charge in [0.1, 0.15) is 5.75 Å². The molecule has 166 valence electrons. The molecule has 0 spiro atoms. The number of fused-ring (bicyclic) bond motifs is 1. The Morgan fingerprint density at radius 1 is 1.10 bits per heavy atom. The maximum absolute atomic E-state index is 13.6. The molecule has 0 saturated carbocycles. The van der Waals surface area contributed by atoms with Gasteiger partial charge in [-0.25, -0.2) is 8.42 Å². The molecule has 31 heavy (non-hydrogen) atoms. The third kappa shape index (κ3) is 4.43. The number of nitrogens with zero attached hydrogens (tertiary/aromatic N) is 2. The number of methoxy groups -OCH3 is 1. The molecule has 0 unspecified atom stereocenters. The zero-order chi connectivity index (χ0) is 22.8. The molecule has 0 atom stereocenters. The average Bonchev–Trinajstić information content (AvgIpc) is 3.17. The fourth-order valence-electron chi connectivity index (χ4n) is 4.76. The Bertz CT molecular complexity index is 1070. The first kappa shape index (κ1) is 23.1. The highest BCUT2D eigenvalue weighted by Gasteiger charge is 2.39. The molecule has 1 heterocycles. The van der Waals surface area contributed by atoms with E-state index in [1.165, 1.54) is 4.31 Å². The van der Waals surface area contributed by atoms with Gasteiger partial charge in [-0.05, 0) is 60.9 Å². The van der Waals surface area contributed by atoms with Crippen molar-refractivity contribution in [1.82, 2.24) is 0 Å². The van der Waals surface area contributed by atoms with E-state index < -0.39 is 15.4 Å². The van der Waals surface area contributed by atoms with E-state index in [0.29, 0.717) is 37.1 Å². The number of benzene rings is 2. The smallest absolute Gasteiger partial charge is 0.264 e. The van der Waals surface area contributed by atoms with Gasteiger partial charge in [0, 0.05) is 12.1 Å². The van der Waals surface area contributed by atoms with E-state index in [1.54, 1.807) is 25.3 Å². The van der Waals surface area contributed by atoms with Gasteiger partial charge in [-0.2, -0.15) is 5.26 Å². The van der Waals surface area contributed by atoms with E-state index in [-0.39, 0.29) is 16.7 Å². The van der Waals surface area contributed by atoms with Gasteiger partial charge in [0.25, 0.3) is 10.0 Å². The van der Waals surface area contributed by atoms with Gasteiger partial charge in [0.15, 0.2) is 0 Å². The highest BCUT2D eigenvalue weighted by atomic mass is 32.2. The summed E-state index contributed by atoms with van der Waals surface area (Å²) in [7, 11) is -2.19. The van der Waals surface area contributed by atoms with Crippen molar-refractivity contribution >= 4 is 15.7 Å². The second-order valence-electron chi connectivity index (χ2n) is 9.21. The third-order valence-electron chi connectivity index (χ3n) is 5.85. The molecule has 3 rings (SSSR count). The maximum Gasteiger partial charge on any atom is 0.264 e. The molecule has 1 aliphatic rings. The summed E-state index contributed by atoms with van der Waals surface area (Å²) < 4.78 is 34.3. The zero-order valence-electron chi connectivity index (χ0n) is 19.1. The van der Waals surface area contributed by atoms with Crippen LogP contribution in [0, 0.1) is 23.2 Å². The number of anilines is 1. The predicted octanol–water partition coefficient (Wildman–Crippen LogP) is 5.30. The number of hydrogen-bond donors (Lipinski definition) is 0. The topological polar surface area (TPSA) is 70.4 Å². The Hall–Kier alpha value is -2.52. The van der Waals surface area contributed by atoms with Crippen molar-refractivity contribution in [1.29, 1.82) is 5.26 Å². The standard InChI is InChI=1S/C25H32N2O3S/c1-18(2)15-25(17-26,16-19(3)4)22-14-21(10-11-24(22)30-5)31(28,29)27-13-12-20-8-6-7-9-23(20)27/h6-11,14,18-19H,12-13,15-16H2,1-5H3. The van der Waals surface area contributed by atoms with Gasteiger partial charge >= 0.3 is 0 Å². The largest absolute Gasteiger partial charge is 0.496 e. The van der Waals surface area contributed by atoms with Crippen molar-refractivity contribution < 1.29 is 13.2 Å². The van der Waals surface area contributed by atoms with E-state index in [0.717, 1.165) is 11.3 Å². The highest BCUT2D eigenvalue weighted by molar-refractivity contribution is 7.92. The Morgan fingerprint density at radius 2 is 1.74 bits per heavy atom. The molecule has 5 nitrogen and oxygen atoms in total. The first-order chi connectivity index (χ1) is 14.6. The van der Waals surface area contributed by atoms with Crippen LogP contribution in [0.15, 0.2) is 47.4 Å². The highest BCUT2D eigenvalue weighted by Crippen LogP contribution is 2.43. The van der Waals surface area contributed by atoms with Crippen molar-refractivity contribution in [2.45, 2.75) is 57.3 Å². The number of rotatable bonds is 8. The van der Waals surface area contributed by atoms with Gasteiger partial charge in [-0.3, -0.25) is 4.31 Å². The minimum absolute atomic E-state index is 0.201. The van der Waals surface area contributed by atoms with Gasteiger partial charge in [-0.15, -0.1) is 0 Å². The van der Waals surface area contributed by atoms with Crippen LogP contribution in [-0.4, -0.2) is 22.1 Å². The lowest BCUT2D eigenvalue weighted by atomic mass is 9.70. The van der Waals surface area contributed by atoms with E-state index in [1.807, 2.05) is 24.3 Å². The molecule has 0 aromatic heterocycles. The summed E-state index contributed by atoms with van der Waals surface area (Å²) in [6.45, 7) is 8.76. The maximum atomic E-state index is 13.6. The second-order valence-corrected chi connectivity index (χ2v) is 11.1. The second kappa shape index (κ2) is 8.92. The summed E-state index contributed by atoms with van der Waals surface area (Å²) in [5, 5.41) is 10.3. The van der Waals surface area contributed by atoms with Crippen LogP contribution in [0.5, 0.6) is 5.75 Å². The Morgan fingerprint density at radius 3 is 2.32 bits per heavy atom. The number of hydrogen-bond acceptors (Lipinski definition) is 4. The predicted molar refractivity (Wildman–Crippen MR) is 124 cm³/mol. The molecule has 0 bridgehead atoms. The van der Waals surface area contributed by atoms with Crippen LogP contribution in [0.4, 0.5) is 5.69 Å². The molecular weight excluding hydrogens is 408 g/mol. The van der Waals surface area contributed by atoms with Gasteiger partial charge in [0.2, 0.25) is 0 Å². The first-order valence-corrected chi connectivity index (χ1v) is 12.3. The SMILES string of the molecule is COc1ccc(S(=O)(=O)N2CCc3ccccc32)cc1C(C#N)(CC(C)C)CC(C)C. The van der Waals surface area contributed by atoms with Crippen LogP contribution in [0.2, 0.25) is 0 Å². The Labute approximate surface area is 186 Å². The Kier molecular flexibility index (Phi) is 6.66. The summed E-state index contributed by atoms with van der Waals surface area (Å²) in [6, 6.07) is 15.1. The summed E-state index contributed by atoms with van der Waals surface area (Å²) in [6.07, 6.45) is 1.96. The van der Waals surface area contributed by atoms with Crippen LogP contribution in [-0.2, 0) is 21.9 Å². The summed E-state index contributed by atoms with van der Waals surface area (Å²) in [5.41, 5.74) is 1.61. The number of ether oxygens (including phenoxy) is 1. The molecule has 0 amide bonds. The van der Waals surface area contributed by atoms with E-state index in [9.17, 15) is 13.7 Å². The van der Waals surface area contributed by atoms with Crippen LogP contribution in [0.1, 0.15) is 51.7 Å². The fourth-order valence-corrected chi connectivity index (χ4v) is 6.28. The minimum Gasteiger partial charge on any atom is -0.496 e. The van der Waals surface area contributed by atoms with Gasteiger partial charge < -0.3 is 4.74 Å². The molecule has 0 radical (unpaired) electrons. The molecule has 0 aliphatic carbocycles. The molecule has 6 heteroatoms. The van der Waals surface area contributed by atoms with E-state index >= 15 is 0 Å². The summed E-state index contributed by atoms with van der Waals surface area (Å²) >= 11 is 0. The average molecular weight is 441 g/mol. The number of nitriles is 1. The Balaban J connectivity index is 2.15. The zero-order valence-corrected chi connectivity index (χ0v) is 19.9. The molecule has 0 fully saturated rings. The summed E-state index contributed by atoms with van der Waals surface area (Å²) in [5.74, 6) is 1.10. The van der Waals surface area contributed by atoms with Crippen LogP contribution < -0.4 is 9.04 Å². The molecular formula is C25H32N2O3S. The van der Waals surface area contributed by atoms with Crippen molar-refractivity contribution in [3.63, 3.8) is 0 Å². The first-order valence-electron chi connectivity index (χ1n) is 10.8. The fraction of sp³-hybridized carbons (Fsp3) is 0.480. The normalized spacial score (nSPS) is 14.1. The minimum atomic E-state index is -3.76. The monoisotopic (exact) mass is 440 g/mol. The number of para-hydroxylation sites is 1. The molecule has 2 aromatic carbocycles. The lowest BCUT2D eigenvalue weighted by Crippen LogP contribution is -2.31. The van der Waals surface area contributed by atoms with Crippen molar-refractivity contribution in [2.75, 3.05) is 18.0 Å². The lowest BCUT2D eigenvalue weighted by molar-refractivity contribution is 0.330. The van der Waals surface area contributed by atoms with Crippen molar-refractivity contribution in [3.8, 4) is 11.8 Å². The molecule has 2 aromatic rings. The van der Waals surface area contributed by atoms with Crippen molar-refractivity contribution in [3.05, 3.63) is 53.6 Å².